The van der Waals surface area contributed by atoms with Gasteiger partial charge < -0.3 is 4.74 Å². The topological polar surface area (TPSA) is 9.23 Å². The maximum Gasteiger partial charge on any atom is 0.573 e. The molecule has 0 aliphatic carbocycles. The molecule has 0 heterocycles. The molecule has 19 heavy (non-hydrogen) atoms. The molecule has 0 radical (unpaired) electrons. The number of hydrogen-bond acceptors (Lipinski definition) is 1. The molecule has 0 amide bonds. The van der Waals surface area contributed by atoms with Crippen LogP contribution in [0.25, 0.3) is 11.1 Å². The van der Waals surface area contributed by atoms with E-state index in [-0.39, 0.29) is 5.75 Å². The number of aryl methyl sites for hydroxylation is 2. The van der Waals surface area contributed by atoms with Crippen molar-refractivity contribution in [3.8, 4) is 16.9 Å². The van der Waals surface area contributed by atoms with E-state index in [1.54, 1.807) is 31.2 Å². The predicted octanol–water partition coefficient (Wildman–Crippen LogP) is 4.87. The van der Waals surface area contributed by atoms with Crippen LogP contribution < -0.4 is 4.74 Å². The zero-order valence-electron chi connectivity index (χ0n) is 10.6. The first kappa shape index (κ1) is 13.5. The monoisotopic (exact) mass is 266 g/mol. The van der Waals surface area contributed by atoms with Crippen molar-refractivity contribution in [3.05, 3.63) is 53.6 Å². The van der Waals surface area contributed by atoms with Gasteiger partial charge in [0, 0.05) is 5.56 Å². The summed E-state index contributed by atoms with van der Waals surface area (Å²) in [4.78, 5) is 0. The summed E-state index contributed by atoms with van der Waals surface area (Å²) in [7, 11) is 0. The Morgan fingerprint density at radius 2 is 1.42 bits per heavy atom. The van der Waals surface area contributed by atoms with Gasteiger partial charge in [-0.2, -0.15) is 0 Å². The minimum atomic E-state index is -4.69. The Kier molecular flexibility index (Phi) is 3.51. The minimum Gasteiger partial charge on any atom is -0.405 e. The summed E-state index contributed by atoms with van der Waals surface area (Å²) >= 11 is 0. The lowest BCUT2D eigenvalue weighted by Gasteiger charge is -2.14. The Balaban J connectivity index is 2.47. The first-order valence-electron chi connectivity index (χ1n) is 5.78. The van der Waals surface area contributed by atoms with Gasteiger partial charge in [-0.3, -0.25) is 0 Å². The smallest absolute Gasteiger partial charge is 0.405 e. The van der Waals surface area contributed by atoms with Crippen LogP contribution in [0.3, 0.4) is 0 Å². The van der Waals surface area contributed by atoms with E-state index >= 15 is 0 Å². The van der Waals surface area contributed by atoms with Crippen molar-refractivity contribution in [1.82, 2.24) is 0 Å². The normalized spacial score (nSPS) is 11.4. The zero-order valence-corrected chi connectivity index (χ0v) is 10.6. The molecule has 0 unspecified atom stereocenters. The molecule has 4 heteroatoms. The highest BCUT2D eigenvalue weighted by atomic mass is 19.4. The molecular formula is C15H13F3O. The third-order valence-electron chi connectivity index (χ3n) is 2.73. The summed E-state index contributed by atoms with van der Waals surface area (Å²) in [6.07, 6.45) is -4.69. The number of rotatable bonds is 2. The molecule has 0 N–H and O–H groups in total. The summed E-state index contributed by atoms with van der Waals surface area (Å²) in [6.45, 7) is 3.65. The molecule has 0 spiro atoms. The molecule has 0 aliphatic rings. The fourth-order valence-corrected chi connectivity index (χ4v) is 1.81. The zero-order chi connectivity index (χ0) is 14.0. The highest BCUT2D eigenvalue weighted by Crippen LogP contribution is 2.34. The van der Waals surface area contributed by atoms with Crippen LogP contribution in [0, 0.1) is 13.8 Å². The van der Waals surface area contributed by atoms with Crippen molar-refractivity contribution in [2.24, 2.45) is 0 Å². The second-order valence-electron chi connectivity index (χ2n) is 4.41. The van der Waals surface area contributed by atoms with Gasteiger partial charge in [0.25, 0.3) is 0 Å². The highest BCUT2D eigenvalue weighted by Gasteiger charge is 2.32. The van der Waals surface area contributed by atoms with E-state index in [1.807, 2.05) is 19.1 Å². The largest absolute Gasteiger partial charge is 0.573 e. The summed E-state index contributed by atoms with van der Waals surface area (Å²) in [6, 6.07) is 12.1. The van der Waals surface area contributed by atoms with Crippen molar-refractivity contribution >= 4 is 0 Å². The van der Waals surface area contributed by atoms with Gasteiger partial charge >= 0.3 is 6.36 Å². The molecule has 1 nitrogen and oxygen atoms in total. The lowest BCUT2D eigenvalue weighted by Crippen LogP contribution is -2.17. The second kappa shape index (κ2) is 4.96. The average Bonchev–Trinajstić information content (AvgIpc) is 2.29. The van der Waals surface area contributed by atoms with Crippen LogP contribution in [-0.4, -0.2) is 6.36 Å². The van der Waals surface area contributed by atoms with Gasteiger partial charge in [0.1, 0.15) is 5.75 Å². The molecule has 0 bridgehead atoms. The van der Waals surface area contributed by atoms with E-state index in [9.17, 15) is 13.2 Å². The summed E-state index contributed by atoms with van der Waals surface area (Å²) in [5.74, 6) is -0.170. The fraction of sp³-hybridized carbons (Fsp3) is 0.200. The van der Waals surface area contributed by atoms with E-state index in [4.69, 9.17) is 0 Å². The number of halogens is 3. The van der Waals surface area contributed by atoms with Crippen LogP contribution in [0.4, 0.5) is 13.2 Å². The molecule has 0 saturated carbocycles. The van der Waals surface area contributed by atoms with Crippen LogP contribution in [0.1, 0.15) is 11.1 Å². The van der Waals surface area contributed by atoms with E-state index < -0.39 is 6.36 Å². The van der Waals surface area contributed by atoms with Gasteiger partial charge in [0.05, 0.1) is 0 Å². The average molecular weight is 266 g/mol. The maximum atomic E-state index is 12.4. The lowest BCUT2D eigenvalue weighted by molar-refractivity contribution is -0.274. The van der Waals surface area contributed by atoms with E-state index in [2.05, 4.69) is 4.74 Å². The first-order chi connectivity index (χ1) is 8.85. The van der Waals surface area contributed by atoms with E-state index in [0.29, 0.717) is 11.1 Å². The van der Waals surface area contributed by atoms with Gasteiger partial charge in [0.2, 0.25) is 0 Å². The van der Waals surface area contributed by atoms with Crippen LogP contribution in [-0.2, 0) is 0 Å². The molecular weight excluding hydrogens is 253 g/mol. The van der Waals surface area contributed by atoms with Gasteiger partial charge in [0.15, 0.2) is 0 Å². The summed E-state index contributed by atoms with van der Waals surface area (Å²) < 4.78 is 41.3. The molecule has 100 valence electrons. The first-order valence-corrected chi connectivity index (χ1v) is 5.78. The Hall–Kier alpha value is -1.97. The van der Waals surface area contributed by atoms with E-state index in [0.717, 1.165) is 11.1 Å². The highest BCUT2D eigenvalue weighted by molar-refractivity contribution is 5.71. The SMILES string of the molecule is Cc1ccc(-c2ccc(C)cc2OC(F)(F)F)cc1. The van der Waals surface area contributed by atoms with Crippen LogP contribution in [0.15, 0.2) is 42.5 Å². The van der Waals surface area contributed by atoms with E-state index in [1.165, 1.54) is 6.07 Å². The maximum absolute atomic E-state index is 12.4. The predicted molar refractivity (Wildman–Crippen MR) is 68.0 cm³/mol. The Bertz CT molecular complexity index is 571. The van der Waals surface area contributed by atoms with Gasteiger partial charge in [-0.15, -0.1) is 13.2 Å². The Labute approximate surface area is 109 Å². The Morgan fingerprint density at radius 1 is 0.842 bits per heavy atom. The number of hydrogen-bond donors (Lipinski definition) is 0. The fourth-order valence-electron chi connectivity index (χ4n) is 1.81. The van der Waals surface area contributed by atoms with Gasteiger partial charge in [-0.25, -0.2) is 0 Å². The second-order valence-corrected chi connectivity index (χ2v) is 4.41. The summed E-state index contributed by atoms with van der Waals surface area (Å²) in [5.41, 5.74) is 2.90. The third-order valence-corrected chi connectivity index (χ3v) is 2.73. The molecule has 2 aromatic carbocycles. The number of alkyl halides is 3. The quantitative estimate of drug-likeness (QED) is 0.753. The van der Waals surface area contributed by atoms with Crippen molar-refractivity contribution in [3.63, 3.8) is 0 Å². The molecule has 0 aromatic heterocycles. The molecule has 2 rings (SSSR count). The van der Waals surface area contributed by atoms with Crippen molar-refractivity contribution in [2.75, 3.05) is 0 Å². The van der Waals surface area contributed by atoms with Crippen molar-refractivity contribution < 1.29 is 17.9 Å². The van der Waals surface area contributed by atoms with Crippen LogP contribution in [0.2, 0.25) is 0 Å². The van der Waals surface area contributed by atoms with Gasteiger partial charge in [-0.05, 0) is 31.0 Å². The van der Waals surface area contributed by atoms with Gasteiger partial charge in [-0.1, -0.05) is 42.0 Å². The standard InChI is InChI=1S/C15H13F3O/c1-10-3-6-12(7-4-10)13-8-5-11(2)9-14(13)19-15(16,17)18/h3-9H,1-2H3. The summed E-state index contributed by atoms with van der Waals surface area (Å²) in [5, 5.41) is 0. The molecule has 0 aliphatic heterocycles. The molecule has 0 fully saturated rings. The van der Waals surface area contributed by atoms with Crippen LogP contribution >= 0.6 is 0 Å². The molecule has 0 atom stereocenters. The van der Waals surface area contributed by atoms with Crippen LogP contribution in [0.5, 0.6) is 5.75 Å². The number of benzene rings is 2. The Morgan fingerprint density at radius 3 is 2.00 bits per heavy atom. The molecule has 2 aromatic rings. The third kappa shape index (κ3) is 3.50. The van der Waals surface area contributed by atoms with Crippen molar-refractivity contribution in [1.29, 1.82) is 0 Å². The van der Waals surface area contributed by atoms with Crippen molar-refractivity contribution in [2.45, 2.75) is 20.2 Å². The number of ether oxygens (including phenoxy) is 1. The lowest BCUT2D eigenvalue weighted by atomic mass is 10.0. The molecule has 0 saturated heterocycles. The minimum absolute atomic E-state index is 0.170.